The van der Waals surface area contributed by atoms with E-state index in [0.717, 1.165) is 41.0 Å². The molecule has 0 unspecified atom stereocenters. The lowest BCUT2D eigenvalue weighted by Crippen LogP contribution is -2.41. The molecule has 0 heterocycles. The fourth-order valence-corrected chi connectivity index (χ4v) is 10.5. The second-order valence-corrected chi connectivity index (χ2v) is 21.1. The highest BCUT2D eigenvalue weighted by Crippen LogP contribution is 2.45. The van der Waals surface area contributed by atoms with Gasteiger partial charge in [-0.05, 0) is 195 Å². The van der Waals surface area contributed by atoms with Crippen LogP contribution in [0.4, 0.5) is 0 Å². The Hall–Kier alpha value is -6.04. The Kier molecular flexibility index (Phi) is 18.2. The van der Waals surface area contributed by atoms with Crippen molar-refractivity contribution in [2.45, 2.75) is 167 Å². The van der Waals surface area contributed by atoms with Crippen LogP contribution in [-0.2, 0) is 28.6 Å². The van der Waals surface area contributed by atoms with E-state index in [1.165, 1.54) is 51.4 Å². The summed E-state index contributed by atoms with van der Waals surface area (Å²) >= 11 is 0. The highest BCUT2D eigenvalue weighted by atomic mass is 16.6. The molecule has 3 aromatic rings. The van der Waals surface area contributed by atoms with Crippen molar-refractivity contribution < 1.29 is 38.1 Å². The number of carbonyl (C=O) groups excluding carboxylic acids is 4. The van der Waals surface area contributed by atoms with E-state index < -0.39 is 28.7 Å². The summed E-state index contributed by atoms with van der Waals surface area (Å²) in [5, 5.41) is 0. The topological polar surface area (TPSA) is 105 Å². The fraction of sp³-hybridized carbons (Fsp3) is 0.508. The molecule has 8 heteroatoms. The second kappa shape index (κ2) is 24.0. The maximum absolute atomic E-state index is 13.9. The van der Waals surface area contributed by atoms with Crippen LogP contribution in [0.3, 0.4) is 0 Å². The minimum absolute atomic E-state index is 0.301. The number of benzene rings is 3. The molecule has 0 aliphatic heterocycles. The number of terminal acetylenes is 1. The average Bonchev–Trinajstić information content (AvgIpc) is 3.33. The van der Waals surface area contributed by atoms with E-state index in [-0.39, 0.29) is 23.8 Å². The second-order valence-electron chi connectivity index (χ2n) is 21.1. The number of hydrogen-bond donors (Lipinski definition) is 0. The van der Waals surface area contributed by atoms with Crippen molar-refractivity contribution >= 4 is 23.9 Å². The molecule has 0 atom stereocenters. The first-order chi connectivity index (χ1) is 32.9. The van der Waals surface area contributed by atoms with Gasteiger partial charge in [-0.1, -0.05) is 75.7 Å². The predicted octanol–water partition coefficient (Wildman–Crippen LogP) is 12.9. The summed E-state index contributed by atoms with van der Waals surface area (Å²) < 4.78 is 23.7. The molecule has 3 saturated carbocycles. The van der Waals surface area contributed by atoms with Crippen LogP contribution in [0, 0.1) is 65.6 Å². The van der Waals surface area contributed by atoms with Crippen molar-refractivity contribution in [3.63, 3.8) is 0 Å². The molecule has 6 rings (SSSR count). The zero-order valence-corrected chi connectivity index (χ0v) is 41.9. The Bertz CT molecular complexity index is 2420. The molecular weight excluding hydrogens is 861 g/mol. The predicted molar refractivity (Wildman–Crippen MR) is 271 cm³/mol. The van der Waals surface area contributed by atoms with E-state index in [1.54, 1.807) is 58.9 Å². The molecule has 3 aromatic carbocycles. The van der Waals surface area contributed by atoms with Gasteiger partial charge >= 0.3 is 23.9 Å². The Morgan fingerprint density at radius 2 is 1.16 bits per heavy atom. The fourth-order valence-electron chi connectivity index (χ4n) is 10.5. The van der Waals surface area contributed by atoms with E-state index in [4.69, 9.17) is 25.4 Å². The average molecular weight is 933 g/mol. The first-order valence-electron chi connectivity index (χ1n) is 25.3. The summed E-state index contributed by atoms with van der Waals surface area (Å²) in [5.74, 6) is 16.0. The van der Waals surface area contributed by atoms with Gasteiger partial charge in [0.1, 0.15) is 17.0 Å². The quantitative estimate of drug-likeness (QED) is 0.0371. The van der Waals surface area contributed by atoms with Crippen molar-refractivity contribution in [3.05, 3.63) is 113 Å². The first kappa shape index (κ1) is 52.3. The largest absolute Gasteiger partial charge is 0.459 e. The molecule has 69 heavy (non-hydrogen) atoms. The minimum atomic E-state index is -0.934. The molecule has 3 aliphatic carbocycles. The third kappa shape index (κ3) is 15.7. The number of unbranched alkanes of at least 4 members (excludes halogenated alkanes) is 2. The zero-order chi connectivity index (χ0) is 49.6. The molecule has 0 bridgehead atoms. The van der Waals surface area contributed by atoms with E-state index in [0.29, 0.717) is 73.7 Å². The number of hydrogen-bond acceptors (Lipinski definition) is 8. The molecule has 0 N–H and O–H groups in total. The summed E-state index contributed by atoms with van der Waals surface area (Å²) in [5.41, 5.74) is 1.36. The standard InChI is InChI=1S/C61H72O8/c1-9-11-12-13-45-24-26-49(27-25-45)50-37-40-61(41-38-50,39-36-48-22-20-47(21-23-48)19-18-46-16-14-44(10-2)15-17-46)69-58(65)53-32-34-54(35-33-53)66-56(63)51-28-30-52(31-29-51)57(64)68-60(7,8)42-59(5,6)67-55(62)43(3)4/h2,14-17,20-23,32-35,45,49-52H,3,9,11-13,24-31,37-38,40-42H2,1,4-8H3. The molecule has 3 fully saturated rings. The first-order valence-corrected chi connectivity index (χ1v) is 25.3. The summed E-state index contributed by atoms with van der Waals surface area (Å²) in [7, 11) is 0. The van der Waals surface area contributed by atoms with Gasteiger partial charge < -0.3 is 18.9 Å². The van der Waals surface area contributed by atoms with E-state index >= 15 is 0 Å². The van der Waals surface area contributed by atoms with Gasteiger partial charge in [-0.15, -0.1) is 6.42 Å². The monoisotopic (exact) mass is 933 g/mol. The molecular formula is C61H72O8. The Morgan fingerprint density at radius 3 is 1.70 bits per heavy atom. The van der Waals surface area contributed by atoms with Crippen LogP contribution in [-0.4, -0.2) is 40.7 Å². The number of esters is 4. The Morgan fingerprint density at radius 1 is 0.652 bits per heavy atom. The maximum Gasteiger partial charge on any atom is 0.339 e. The zero-order valence-electron chi connectivity index (χ0n) is 41.9. The molecule has 364 valence electrons. The van der Waals surface area contributed by atoms with Crippen molar-refractivity contribution in [1.82, 2.24) is 0 Å². The van der Waals surface area contributed by atoms with Crippen LogP contribution < -0.4 is 4.74 Å². The van der Waals surface area contributed by atoms with Crippen LogP contribution in [0.25, 0.3) is 0 Å². The van der Waals surface area contributed by atoms with Gasteiger partial charge in [-0.3, -0.25) is 9.59 Å². The maximum atomic E-state index is 13.9. The molecule has 0 radical (unpaired) electrons. The lowest BCUT2D eigenvalue weighted by molar-refractivity contribution is -0.173. The normalized spacial score (nSPS) is 22.5. The van der Waals surface area contributed by atoms with Gasteiger partial charge in [0.15, 0.2) is 5.60 Å². The Balaban J connectivity index is 1.05. The van der Waals surface area contributed by atoms with Crippen LogP contribution in [0.5, 0.6) is 5.75 Å². The van der Waals surface area contributed by atoms with Crippen molar-refractivity contribution in [3.8, 4) is 41.8 Å². The molecule has 0 aromatic heterocycles. The van der Waals surface area contributed by atoms with Gasteiger partial charge in [0.25, 0.3) is 0 Å². The van der Waals surface area contributed by atoms with Gasteiger partial charge in [0.2, 0.25) is 0 Å². The molecule has 8 nitrogen and oxygen atoms in total. The van der Waals surface area contributed by atoms with Crippen LogP contribution in [0.1, 0.15) is 183 Å². The van der Waals surface area contributed by atoms with Crippen LogP contribution >= 0.6 is 0 Å². The number of ether oxygens (including phenoxy) is 4. The highest BCUT2D eigenvalue weighted by Gasteiger charge is 2.41. The summed E-state index contributed by atoms with van der Waals surface area (Å²) in [4.78, 5) is 52.6. The number of rotatable bonds is 15. The SMILES string of the molecule is C#Cc1ccc(C#Cc2ccc(C#CC3(OC(=O)c4ccc(OC(=O)C5CCC(C(=O)OC(C)(C)CC(C)(C)OC(=O)C(=C)C)CC5)cc4)CCC(C4CCC(CCCCC)CC4)CC3)cc2)cc1. The van der Waals surface area contributed by atoms with Crippen LogP contribution in [0.2, 0.25) is 0 Å². The molecule has 0 spiro atoms. The summed E-state index contributed by atoms with van der Waals surface area (Å²) in [6.45, 7) is 14.7. The Labute approximate surface area is 412 Å². The minimum Gasteiger partial charge on any atom is -0.459 e. The third-order valence-corrected chi connectivity index (χ3v) is 14.3. The smallest absolute Gasteiger partial charge is 0.339 e. The lowest BCUT2D eigenvalue weighted by atomic mass is 9.67. The molecule has 3 aliphatic rings. The van der Waals surface area contributed by atoms with Crippen molar-refractivity contribution in [2.24, 2.45) is 29.6 Å². The summed E-state index contributed by atoms with van der Waals surface area (Å²) in [6.07, 6.45) is 21.5. The van der Waals surface area contributed by atoms with Gasteiger partial charge in [-0.2, -0.15) is 0 Å². The molecule has 0 amide bonds. The van der Waals surface area contributed by atoms with Crippen molar-refractivity contribution in [2.75, 3.05) is 0 Å². The highest BCUT2D eigenvalue weighted by molar-refractivity contribution is 5.90. The van der Waals surface area contributed by atoms with E-state index in [1.807, 2.05) is 48.5 Å². The third-order valence-electron chi connectivity index (χ3n) is 14.3. The van der Waals surface area contributed by atoms with E-state index in [9.17, 15) is 19.2 Å². The van der Waals surface area contributed by atoms with E-state index in [2.05, 4.69) is 43.1 Å². The summed E-state index contributed by atoms with van der Waals surface area (Å²) in [6, 6.07) is 21.9. The molecule has 0 saturated heterocycles. The lowest BCUT2D eigenvalue weighted by Gasteiger charge is -2.41. The van der Waals surface area contributed by atoms with Gasteiger partial charge in [0.05, 0.1) is 17.4 Å². The number of carbonyl (C=O) groups is 4. The van der Waals surface area contributed by atoms with Crippen LogP contribution in [0.15, 0.2) is 84.9 Å². The van der Waals surface area contributed by atoms with Gasteiger partial charge in [-0.25, -0.2) is 9.59 Å². The van der Waals surface area contributed by atoms with Gasteiger partial charge in [0, 0.05) is 34.2 Å². The van der Waals surface area contributed by atoms with Crippen molar-refractivity contribution in [1.29, 1.82) is 0 Å².